The second kappa shape index (κ2) is 8.47. The number of hydrogen-bond donors (Lipinski definition) is 0. The quantitative estimate of drug-likeness (QED) is 0.358. The molecule has 0 saturated carbocycles. The number of rotatable bonds is 4. The summed E-state index contributed by atoms with van der Waals surface area (Å²) in [7, 11) is 0. The molecule has 0 fully saturated rings. The molecule has 0 radical (unpaired) electrons. The van der Waals surface area contributed by atoms with Gasteiger partial charge in [0.1, 0.15) is 0 Å². The Bertz CT molecular complexity index is 1390. The highest BCUT2D eigenvalue weighted by atomic mass is 19.4. The number of anilines is 1. The van der Waals surface area contributed by atoms with Crippen molar-refractivity contribution < 1.29 is 18.0 Å². The maximum absolute atomic E-state index is 13.9. The van der Waals surface area contributed by atoms with Gasteiger partial charge in [0.2, 0.25) is 0 Å². The van der Waals surface area contributed by atoms with E-state index in [-0.39, 0.29) is 5.69 Å². The number of alkyl halides is 3. The molecular formula is C26H17F3N4O. The van der Waals surface area contributed by atoms with Crippen LogP contribution in [-0.4, -0.2) is 27.6 Å². The highest BCUT2D eigenvalue weighted by molar-refractivity contribution is 6.34. The molecule has 0 saturated heterocycles. The monoisotopic (exact) mass is 458 g/mol. The highest BCUT2D eigenvalue weighted by Gasteiger charge is 2.47. The van der Waals surface area contributed by atoms with Crippen LogP contribution in [0.25, 0.3) is 23.0 Å². The van der Waals surface area contributed by atoms with Crippen molar-refractivity contribution in [1.82, 2.24) is 9.78 Å². The zero-order valence-electron chi connectivity index (χ0n) is 17.6. The predicted octanol–water partition coefficient (Wildman–Crippen LogP) is 5.89. The molecule has 0 bridgehead atoms. The van der Waals surface area contributed by atoms with E-state index in [1.165, 1.54) is 18.2 Å². The van der Waals surface area contributed by atoms with E-state index in [2.05, 4.69) is 10.2 Å². The van der Waals surface area contributed by atoms with Crippen molar-refractivity contribution >= 4 is 23.4 Å². The van der Waals surface area contributed by atoms with Crippen molar-refractivity contribution in [2.45, 2.75) is 6.18 Å². The van der Waals surface area contributed by atoms with Gasteiger partial charge in [0, 0.05) is 17.3 Å². The largest absolute Gasteiger partial charge is 0.435 e. The van der Waals surface area contributed by atoms with E-state index < -0.39 is 23.4 Å². The molecule has 0 unspecified atom stereocenters. The van der Waals surface area contributed by atoms with E-state index in [0.717, 1.165) is 10.7 Å². The molecule has 1 amide bonds. The number of aromatic nitrogens is 2. The van der Waals surface area contributed by atoms with Gasteiger partial charge < -0.3 is 0 Å². The lowest BCUT2D eigenvalue weighted by Crippen LogP contribution is -2.25. The third-order valence-corrected chi connectivity index (χ3v) is 5.26. The molecule has 1 aliphatic heterocycles. The average molecular weight is 458 g/mol. The first-order chi connectivity index (χ1) is 16.4. The maximum atomic E-state index is 13.9. The molecule has 4 aromatic rings. The molecule has 2 heterocycles. The number of hydrogen-bond acceptors (Lipinski definition) is 3. The van der Waals surface area contributed by atoms with Crippen molar-refractivity contribution in [3.8, 4) is 16.9 Å². The summed E-state index contributed by atoms with van der Waals surface area (Å²) in [6.45, 7) is 0. The minimum Gasteiger partial charge on any atom is -0.267 e. The van der Waals surface area contributed by atoms with Crippen LogP contribution in [0.4, 0.5) is 18.9 Å². The molecule has 0 spiro atoms. The Morgan fingerprint density at radius 3 is 1.91 bits per heavy atom. The molecule has 1 aliphatic rings. The fraction of sp³-hybridized carbons (Fsp3) is 0.0385. The topological polar surface area (TPSA) is 50.5 Å². The molecule has 8 heteroatoms. The molecule has 3 aromatic carbocycles. The van der Waals surface area contributed by atoms with E-state index in [9.17, 15) is 18.0 Å². The highest BCUT2D eigenvalue weighted by Crippen LogP contribution is 2.34. The van der Waals surface area contributed by atoms with Crippen LogP contribution < -0.4 is 5.01 Å². The Kier molecular flexibility index (Phi) is 5.33. The summed E-state index contributed by atoms with van der Waals surface area (Å²) in [5.74, 6) is -0.856. The van der Waals surface area contributed by atoms with E-state index in [0.29, 0.717) is 16.8 Å². The summed E-state index contributed by atoms with van der Waals surface area (Å²) in [4.78, 5) is 13.1. The summed E-state index contributed by atoms with van der Waals surface area (Å²) in [5, 5.41) is 9.02. The van der Waals surface area contributed by atoms with Crippen LogP contribution in [0, 0.1) is 0 Å². The van der Waals surface area contributed by atoms with Crippen molar-refractivity contribution in [1.29, 1.82) is 0 Å². The number of para-hydroxylation sites is 2. The van der Waals surface area contributed by atoms with Crippen LogP contribution in [0.1, 0.15) is 5.56 Å². The van der Waals surface area contributed by atoms with E-state index in [1.54, 1.807) is 29.1 Å². The Morgan fingerprint density at radius 2 is 1.32 bits per heavy atom. The summed E-state index contributed by atoms with van der Waals surface area (Å²) < 4.78 is 43.3. The van der Waals surface area contributed by atoms with Gasteiger partial charge in [0.15, 0.2) is 5.71 Å². The van der Waals surface area contributed by atoms with Gasteiger partial charge in [-0.05, 0) is 30.3 Å². The molecule has 5 nitrogen and oxygen atoms in total. The second-order valence-corrected chi connectivity index (χ2v) is 7.54. The van der Waals surface area contributed by atoms with Crippen LogP contribution in [0.5, 0.6) is 0 Å². The van der Waals surface area contributed by atoms with Crippen LogP contribution >= 0.6 is 0 Å². The number of carbonyl (C=O) groups is 1. The molecule has 34 heavy (non-hydrogen) atoms. The van der Waals surface area contributed by atoms with Gasteiger partial charge in [-0.3, -0.25) is 4.79 Å². The first kappa shape index (κ1) is 21.4. The summed E-state index contributed by atoms with van der Waals surface area (Å²) in [5.41, 5.74) is 0.724. The van der Waals surface area contributed by atoms with Crippen LogP contribution in [0.2, 0.25) is 0 Å². The van der Waals surface area contributed by atoms with Gasteiger partial charge in [-0.15, -0.1) is 0 Å². The number of benzene rings is 3. The Hall–Kier alpha value is -4.46. The van der Waals surface area contributed by atoms with Gasteiger partial charge in [-0.2, -0.15) is 28.4 Å². The molecule has 168 valence electrons. The molecule has 0 aliphatic carbocycles. The first-order valence-corrected chi connectivity index (χ1v) is 10.4. The smallest absolute Gasteiger partial charge is 0.267 e. The van der Waals surface area contributed by atoms with Gasteiger partial charge >= 0.3 is 6.18 Å². The maximum Gasteiger partial charge on any atom is 0.435 e. The number of amides is 1. The molecular weight excluding hydrogens is 441 g/mol. The standard InChI is InChI=1S/C26H17F3N4O/c27-26(28,29)24-22(25(34)33(31-24)21-14-8-3-9-15-21)16-19-17-32(20-12-6-2-7-13-20)30-23(19)18-10-4-1-5-11-18/h1-17H. The van der Waals surface area contributed by atoms with E-state index in [1.807, 2.05) is 60.7 Å². The van der Waals surface area contributed by atoms with Crippen molar-refractivity contribution in [3.05, 3.63) is 108 Å². The SMILES string of the molecule is O=C1C(=Cc2cn(-c3ccccc3)nc2-c2ccccc2)C(C(F)(F)F)=NN1c1ccccc1. The molecule has 1 aromatic heterocycles. The van der Waals surface area contributed by atoms with Gasteiger partial charge in [0.05, 0.1) is 22.6 Å². The normalized spacial score (nSPS) is 15.1. The minimum absolute atomic E-state index is 0.251. The average Bonchev–Trinajstić information content (AvgIpc) is 3.43. The fourth-order valence-corrected chi connectivity index (χ4v) is 3.68. The Labute approximate surface area is 193 Å². The molecule has 5 rings (SSSR count). The first-order valence-electron chi connectivity index (χ1n) is 10.4. The zero-order valence-corrected chi connectivity index (χ0v) is 17.6. The van der Waals surface area contributed by atoms with Gasteiger partial charge in [-0.25, -0.2) is 4.68 Å². The predicted molar refractivity (Wildman–Crippen MR) is 124 cm³/mol. The number of halogens is 3. The fourth-order valence-electron chi connectivity index (χ4n) is 3.68. The number of carbonyl (C=O) groups excluding carboxylic acids is 1. The molecule has 0 atom stereocenters. The molecule has 0 N–H and O–H groups in total. The Morgan fingerprint density at radius 1 is 0.765 bits per heavy atom. The lowest BCUT2D eigenvalue weighted by atomic mass is 10.0. The van der Waals surface area contributed by atoms with Crippen LogP contribution in [0.3, 0.4) is 0 Å². The lowest BCUT2D eigenvalue weighted by molar-refractivity contribution is -0.114. The van der Waals surface area contributed by atoms with E-state index in [4.69, 9.17) is 0 Å². The summed E-state index contributed by atoms with van der Waals surface area (Å²) in [6, 6.07) is 26.3. The number of hydrazone groups is 1. The van der Waals surface area contributed by atoms with Gasteiger partial charge in [-0.1, -0.05) is 66.7 Å². The second-order valence-electron chi connectivity index (χ2n) is 7.54. The summed E-state index contributed by atoms with van der Waals surface area (Å²) in [6.07, 6.45) is -1.99. The minimum atomic E-state index is -4.81. The van der Waals surface area contributed by atoms with Crippen molar-refractivity contribution in [2.75, 3.05) is 5.01 Å². The zero-order chi connectivity index (χ0) is 23.7. The summed E-state index contributed by atoms with van der Waals surface area (Å²) >= 11 is 0. The van der Waals surface area contributed by atoms with E-state index >= 15 is 0 Å². The third kappa shape index (κ3) is 4.01. The third-order valence-electron chi connectivity index (χ3n) is 5.26. The van der Waals surface area contributed by atoms with Crippen LogP contribution in [-0.2, 0) is 4.79 Å². The van der Waals surface area contributed by atoms with Crippen molar-refractivity contribution in [2.24, 2.45) is 5.10 Å². The Balaban J connectivity index is 1.66. The van der Waals surface area contributed by atoms with Gasteiger partial charge in [0.25, 0.3) is 5.91 Å². The van der Waals surface area contributed by atoms with Crippen molar-refractivity contribution in [3.63, 3.8) is 0 Å². The lowest BCUT2D eigenvalue weighted by Gasteiger charge is -2.10. The van der Waals surface area contributed by atoms with Crippen LogP contribution in [0.15, 0.2) is 108 Å². The number of nitrogens with zero attached hydrogens (tertiary/aromatic N) is 4.